The van der Waals surface area contributed by atoms with E-state index >= 15 is 0 Å². The van der Waals surface area contributed by atoms with E-state index in [9.17, 15) is 0 Å². The van der Waals surface area contributed by atoms with Gasteiger partial charge in [-0.1, -0.05) is 0 Å². The molecule has 0 amide bonds. The van der Waals surface area contributed by atoms with Crippen LogP contribution >= 0.6 is 43.5 Å². The maximum Gasteiger partial charge on any atom is 0.140 e. The summed E-state index contributed by atoms with van der Waals surface area (Å²) in [6.07, 6.45) is 2.58. The fourth-order valence-electron chi connectivity index (χ4n) is 1.24. The molecule has 0 spiro atoms. The van der Waals surface area contributed by atoms with Crippen LogP contribution in [0.25, 0.3) is 0 Å². The number of ether oxygens (including phenoxy) is 1. The Labute approximate surface area is 117 Å². The molecule has 0 bridgehead atoms. The van der Waals surface area contributed by atoms with Crippen molar-refractivity contribution < 1.29 is 4.74 Å². The third-order valence-electron chi connectivity index (χ3n) is 1.97. The van der Waals surface area contributed by atoms with Crippen LogP contribution in [0.3, 0.4) is 0 Å². The van der Waals surface area contributed by atoms with Gasteiger partial charge in [-0.05, 0) is 44.3 Å². The van der Waals surface area contributed by atoms with Gasteiger partial charge in [0.15, 0.2) is 0 Å². The first-order chi connectivity index (χ1) is 7.67. The van der Waals surface area contributed by atoms with Crippen molar-refractivity contribution in [3.63, 3.8) is 0 Å². The predicted molar refractivity (Wildman–Crippen MR) is 74.3 cm³/mol. The van der Waals surface area contributed by atoms with Crippen LogP contribution in [0.5, 0.6) is 0 Å². The van der Waals surface area contributed by atoms with Gasteiger partial charge >= 0.3 is 0 Å². The van der Waals surface area contributed by atoms with Crippen molar-refractivity contribution in [1.82, 2.24) is 4.98 Å². The molecule has 0 saturated heterocycles. The van der Waals surface area contributed by atoms with Crippen LogP contribution < -0.4 is 5.32 Å². The van der Waals surface area contributed by atoms with Crippen molar-refractivity contribution in [2.45, 2.75) is 12.5 Å². The zero-order valence-corrected chi connectivity index (χ0v) is 12.8. The number of alkyl halides is 1. The molecule has 1 rings (SSSR count). The lowest BCUT2D eigenvalue weighted by Crippen LogP contribution is -2.26. The van der Waals surface area contributed by atoms with E-state index in [-0.39, 0.29) is 6.04 Å². The van der Waals surface area contributed by atoms with Gasteiger partial charge in [0, 0.05) is 23.7 Å². The maximum atomic E-state index is 5.73. The third kappa shape index (κ3) is 4.57. The molecular formula is C10H13Br2ClN2O. The molecule has 0 aliphatic rings. The maximum absolute atomic E-state index is 5.73. The summed E-state index contributed by atoms with van der Waals surface area (Å²) in [7, 11) is 1.67. The molecule has 3 nitrogen and oxygen atoms in total. The minimum Gasteiger partial charge on any atom is -0.383 e. The van der Waals surface area contributed by atoms with Gasteiger partial charge < -0.3 is 10.1 Å². The van der Waals surface area contributed by atoms with Gasteiger partial charge in [0.1, 0.15) is 5.82 Å². The van der Waals surface area contributed by atoms with Crippen LogP contribution in [0, 0.1) is 0 Å². The van der Waals surface area contributed by atoms with E-state index in [0.29, 0.717) is 12.5 Å². The average Bonchev–Trinajstić information content (AvgIpc) is 2.23. The number of nitrogens with zero attached hydrogens (tertiary/aromatic N) is 1. The van der Waals surface area contributed by atoms with Gasteiger partial charge in [-0.25, -0.2) is 4.98 Å². The Bertz CT molecular complexity index is 333. The molecule has 1 aromatic heterocycles. The number of hydrogen-bond acceptors (Lipinski definition) is 3. The standard InChI is InChI=1S/C10H13Br2ClN2O/c1-16-6-8(2-3-13)15-10-9(12)4-7(11)5-14-10/h4-5,8H,2-3,6H2,1H3,(H,14,15). The zero-order valence-electron chi connectivity index (χ0n) is 8.84. The number of rotatable bonds is 6. The first-order valence-corrected chi connectivity index (χ1v) is 6.92. The minimum absolute atomic E-state index is 0.174. The highest BCUT2D eigenvalue weighted by Crippen LogP contribution is 2.24. The zero-order chi connectivity index (χ0) is 12.0. The molecule has 6 heteroatoms. The van der Waals surface area contributed by atoms with Crippen LogP contribution in [-0.2, 0) is 4.74 Å². The molecule has 90 valence electrons. The largest absolute Gasteiger partial charge is 0.383 e. The Hall–Kier alpha value is 0.160. The molecule has 1 aromatic rings. The molecule has 0 fully saturated rings. The highest BCUT2D eigenvalue weighted by Gasteiger charge is 2.10. The number of aromatic nitrogens is 1. The van der Waals surface area contributed by atoms with E-state index in [2.05, 4.69) is 42.2 Å². The van der Waals surface area contributed by atoms with E-state index < -0.39 is 0 Å². The first kappa shape index (κ1) is 14.2. The van der Waals surface area contributed by atoms with Crippen molar-refractivity contribution in [2.24, 2.45) is 0 Å². The fraction of sp³-hybridized carbons (Fsp3) is 0.500. The van der Waals surface area contributed by atoms with Crippen LogP contribution in [0.2, 0.25) is 0 Å². The van der Waals surface area contributed by atoms with Gasteiger partial charge in [0.2, 0.25) is 0 Å². The van der Waals surface area contributed by atoms with E-state index in [1.165, 1.54) is 0 Å². The summed E-state index contributed by atoms with van der Waals surface area (Å²) in [6.45, 7) is 0.608. The number of nitrogens with one attached hydrogen (secondary N) is 1. The lowest BCUT2D eigenvalue weighted by Gasteiger charge is -2.18. The van der Waals surface area contributed by atoms with Crippen LogP contribution in [0.15, 0.2) is 21.2 Å². The highest BCUT2D eigenvalue weighted by molar-refractivity contribution is 9.11. The second kappa shape index (κ2) is 7.48. The Morgan fingerprint density at radius 3 is 2.88 bits per heavy atom. The first-order valence-electron chi connectivity index (χ1n) is 4.80. The minimum atomic E-state index is 0.174. The van der Waals surface area contributed by atoms with Crippen molar-refractivity contribution in [1.29, 1.82) is 0 Å². The van der Waals surface area contributed by atoms with E-state index in [4.69, 9.17) is 16.3 Å². The molecule has 1 unspecified atom stereocenters. The lowest BCUT2D eigenvalue weighted by molar-refractivity contribution is 0.184. The molecule has 0 aliphatic heterocycles. The number of methoxy groups -OCH3 is 1. The molecule has 1 N–H and O–H groups in total. The van der Waals surface area contributed by atoms with E-state index in [1.807, 2.05) is 6.07 Å². The van der Waals surface area contributed by atoms with Crippen molar-refractivity contribution in [2.75, 3.05) is 24.9 Å². The average molecular weight is 372 g/mol. The second-order valence-corrected chi connectivity index (χ2v) is 5.41. The van der Waals surface area contributed by atoms with Crippen molar-refractivity contribution >= 4 is 49.3 Å². The summed E-state index contributed by atoms with van der Waals surface area (Å²) >= 11 is 12.5. The summed E-state index contributed by atoms with van der Waals surface area (Å²) in [4.78, 5) is 4.28. The normalized spacial score (nSPS) is 12.5. The van der Waals surface area contributed by atoms with E-state index in [1.54, 1.807) is 13.3 Å². The Morgan fingerprint density at radius 2 is 2.31 bits per heavy atom. The van der Waals surface area contributed by atoms with Gasteiger partial charge in [-0.15, -0.1) is 11.6 Å². The topological polar surface area (TPSA) is 34.1 Å². The SMILES string of the molecule is COCC(CCCl)Nc1ncc(Br)cc1Br. The molecule has 1 heterocycles. The summed E-state index contributed by atoms with van der Waals surface area (Å²) in [5.41, 5.74) is 0. The number of pyridine rings is 1. The lowest BCUT2D eigenvalue weighted by atomic mass is 10.2. The smallest absolute Gasteiger partial charge is 0.140 e. The summed E-state index contributed by atoms with van der Waals surface area (Å²) in [6, 6.07) is 2.12. The molecular weight excluding hydrogens is 359 g/mol. The van der Waals surface area contributed by atoms with Crippen LogP contribution in [0.1, 0.15) is 6.42 Å². The van der Waals surface area contributed by atoms with Crippen LogP contribution in [0.4, 0.5) is 5.82 Å². The van der Waals surface area contributed by atoms with Crippen molar-refractivity contribution in [3.05, 3.63) is 21.2 Å². The summed E-state index contributed by atoms with van der Waals surface area (Å²) in [5, 5.41) is 3.29. The fourth-order valence-corrected chi connectivity index (χ4v) is 2.61. The highest BCUT2D eigenvalue weighted by atomic mass is 79.9. The van der Waals surface area contributed by atoms with Gasteiger partial charge in [0.05, 0.1) is 17.1 Å². The van der Waals surface area contributed by atoms with Gasteiger partial charge in [-0.3, -0.25) is 0 Å². The number of hydrogen-bond donors (Lipinski definition) is 1. The van der Waals surface area contributed by atoms with E-state index in [0.717, 1.165) is 21.2 Å². The molecule has 0 aliphatic carbocycles. The summed E-state index contributed by atoms with van der Waals surface area (Å²) < 4.78 is 6.97. The van der Waals surface area contributed by atoms with Crippen LogP contribution in [-0.4, -0.2) is 30.6 Å². The molecule has 0 radical (unpaired) electrons. The summed E-state index contributed by atoms with van der Waals surface area (Å²) in [5.74, 6) is 1.39. The van der Waals surface area contributed by atoms with Gasteiger partial charge in [-0.2, -0.15) is 0 Å². The predicted octanol–water partition coefficient (Wildman–Crippen LogP) is 3.66. The third-order valence-corrected chi connectivity index (χ3v) is 3.23. The monoisotopic (exact) mass is 370 g/mol. The second-order valence-electron chi connectivity index (χ2n) is 3.26. The Kier molecular flexibility index (Phi) is 6.65. The Balaban J connectivity index is 2.68. The number of anilines is 1. The Morgan fingerprint density at radius 1 is 1.56 bits per heavy atom. The molecule has 0 saturated carbocycles. The molecule has 16 heavy (non-hydrogen) atoms. The van der Waals surface area contributed by atoms with Gasteiger partial charge in [0.25, 0.3) is 0 Å². The quantitative estimate of drug-likeness (QED) is 0.774. The van der Waals surface area contributed by atoms with Crippen molar-refractivity contribution in [3.8, 4) is 0 Å². The molecule has 1 atom stereocenters. The number of halogens is 3. The molecule has 0 aromatic carbocycles.